The molecule has 332 valence electrons. The van der Waals surface area contributed by atoms with Gasteiger partial charge in [0.25, 0.3) is 6.71 Å². The lowest BCUT2D eigenvalue weighted by Gasteiger charge is -2.45. The zero-order valence-corrected chi connectivity index (χ0v) is 41.2. The maximum atomic E-state index is 2.60. The summed E-state index contributed by atoms with van der Waals surface area (Å²) >= 11 is 0. The highest BCUT2D eigenvalue weighted by molar-refractivity contribution is 7.00. The zero-order valence-electron chi connectivity index (χ0n) is 41.2. The highest BCUT2D eigenvalue weighted by Crippen LogP contribution is 2.52. The number of hydrogen-bond donors (Lipinski definition) is 0. The Balaban J connectivity index is 1.20. The van der Waals surface area contributed by atoms with Crippen molar-refractivity contribution < 1.29 is 0 Å². The third-order valence-electron chi connectivity index (χ3n) is 15.0. The van der Waals surface area contributed by atoms with Crippen LogP contribution in [0.25, 0.3) is 11.1 Å². The van der Waals surface area contributed by atoms with Crippen LogP contribution >= 0.6 is 0 Å². The molecule has 0 aromatic heterocycles. The van der Waals surface area contributed by atoms with Gasteiger partial charge in [-0.15, -0.1) is 0 Å². The van der Waals surface area contributed by atoms with Crippen LogP contribution in [0, 0.1) is 6.92 Å². The molecule has 0 amide bonds. The minimum Gasteiger partial charge on any atom is -0.311 e. The number of hydrogen-bond acceptors (Lipinski definition) is 3. The molecule has 11 rings (SSSR count). The molecule has 3 nitrogen and oxygen atoms in total. The van der Waals surface area contributed by atoms with E-state index in [1.165, 1.54) is 95.0 Å². The van der Waals surface area contributed by atoms with Crippen molar-refractivity contribution in [1.82, 2.24) is 0 Å². The van der Waals surface area contributed by atoms with Gasteiger partial charge in [0, 0.05) is 56.6 Å². The topological polar surface area (TPSA) is 9.72 Å². The summed E-state index contributed by atoms with van der Waals surface area (Å²) in [6, 6.07) is 65.1. The SMILES string of the molecule is Cc1cc2c3c(c1)N(c1ccc4c(c1)C(C)(C)c1ccccc1-4)c1cc(N(c4ccccc4)c4ccc(C(C)C)cc4)ccc1B3c1cc(C(C)(C)C)ccc1N2c1ccc(C(C)(C)C)cc1. The van der Waals surface area contributed by atoms with Gasteiger partial charge in [-0.05, 0) is 163 Å². The number of benzene rings is 8. The molecule has 3 aliphatic rings. The summed E-state index contributed by atoms with van der Waals surface area (Å²) in [5.74, 6) is 0.450. The van der Waals surface area contributed by atoms with Gasteiger partial charge in [-0.2, -0.15) is 0 Å². The van der Waals surface area contributed by atoms with Crippen molar-refractivity contribution in [1.29, 1.82) is 0 Å². The molecule has 0 saturated carbocycles. The second kappa shape index (κ2) is 15.4. The summed E-state index contributed by atoms with van der Waals surface area (Å²) in [7, 11) is 0. The smallest absolute Gasteiger partial charge is 0.252 e. The van der Waals surface area contributed by atoms with Crippen molar-refractivity contribution in [3.8, 4) is 11.1 Å². The van der Waals surface area contributed by atoms with Crippen LogP contribution < -0.4 is 31.1 Å². The molecule has 2 heterocycles. The molecule has 8 aromatic carbocycles. The summed E-state index contributed by atoms with van der Waals surface area (Å²) in [5.41, 5.74) is 25.2. The Kier molecular flexibility index (Phi) is 9.84. The molecular formula is C63H62BN3. The molecule has 0 N–H and O–H groups in total. The molecule has 0 bridgehead atoms. The predicted molar refractivity (Wildman–Crippen MR) is 289 cm³/mol. The van der Waals surface area contributed by atoms with Crippen molar-refractivity contribution in [2.24, 2.45) is 0 Å². The maximum Gasteiger partial charge on any atom is 0.252 e. The lowest BCUT2D eigenvalue weighted by molar-refractivity contribution is 0.590. The van der Waals surface area contributed by atoms with Gasteiger partial charge in [-0.25, -0.2) is 0 Å². The van der Waals surface area contributed by atoms with Crippen molar-refractivity contribution in [2.75, 3.05) is 14.7 Å². The van der Waals surface area contributed by atoms with Crippen LogP contribution in [0.5, 0.6) is 0 Å². The second-order valence-electron chi connectivity index (χ2n) is 22.2. The average Bonchev–Trinajstić information content (AvgIpc) is 3.53. The number of para-hydroxylation sites is 1. The lowest BCUT2D eigenvalue weighted by atomic mass is 9.33. The van der Waals surface area contributed by atoms with Gasteiger partial charge in [0.1, 0.15) is 0 Å². The fraction of sp³-hybridized carbons (Fsp3) is 0.238. The number of fused-ring (bicyclic) bond motifs is 7. The molecule has 4 heteroatoms. The number of anilines is 9. The zero-order chi connectivity index (χ0) is 46.7. The molecule has 2 aliphatic heterocycles. The van der Waals surface area contributed by atoms with Gasteiger partial charge < -0.3 is 14.7 Å². The van der Waals surface area contributed by atoms with E-state index < -0.39 is 0 Å². The minimum atomic E-state index is -0.151. The number of aryl methyl sites for hydroxylation is 1. The summed E-state index contributed by atoms with van der Waals surface area (Å²) in [6.07, 6.45) is 0. The first-order valence-electron chi connectivity index (χ1n) is 24.3. The van der Waals surface area contributed by atoms with E-state index >= 15 is 0 Å². The summed E-state index contributed by atoms with van der Waals surface area (Å²) in [6.45, 7) is 25.5. The molecule has 8 aromatic rings. The van der Waals surface area contributed by atoms with Crippen LogP contribution in [-0.4, -0.2) is 6.71 Å². The van der Waals surface area contributed by atoms with Gasteiger partial charge in [0.2, 0.25) is 0 Å². The van der Waals surface area contributed by atoms with E-state index in [1.807, 2.05) is 0 Å². The van der Waals surface area contributed by atoms with Crippen molar-refractivity contribution in [3.05, 3.63) is 203 Å². The Morgan fingerprint density at radius 1 is 0.478 bits per heavy atom. The van der Waals surface area contributed by atoms with Gasteiger partial charge in [0.15, 0.2) is 0 Å². The van der Waals surface area contributed by atoms with E-state index in [4.69, 9.17) is 0 Å². The van der Waals surface area contributed by atoms with Gasteiger partial charge in [0.05, 0.1) is 0 Å². The Labute approximate surface area is 399 Å². The van der Waals surface area contributed by atoms with Crippen LogP contribution in [0.2, 0.25) is 0 Å². The fourth-order valence-electron chi connectivity index (χ4n) is 11.3. The van der Waals surface area contributed by atoms with Crippen LogP contribution in [0.1, 0.15) is 109 Å². The molecule has 0 fully saturated rings. The van der Waals surface area contributed by atoms with E-state index in [1.54, 1.807) is 0 Å². The van der Waals surface area contributed by atoms with E-state index in [0.717, 1.165) is 17.1 Å². The highest BCUT2D eigenvalue weighted by atomic mass is 15.2. The molecular weight excluding hydrogens is 810 g/mol. The first kappa shape index (κ1) is 42.8. The van der Waals surface area contributed by atoms with Crippen LogP contribution in [0.4, 0.5) is 51.2 Å². The summed E-state index contributed by atoms with van der Waals surface area (Å²) in [4.78, 5) is 7.58. The Morgan fingerprint density at radius 2 is 1.06 bits per heavy atom. The largest absolute Gasteiger partial charge is 0.311 e. The summed E-state index contributed by atoms with van der Waals surface area (Å²) < 4.78 is 0. The van der Waals surface area contributed by atoms with Crippen LogP contribution in [-0.2, 0) is 16.2 Å². The van der Waals surface area contributed by atoms with Gasteiger partial charge >= 0.3 is 0 Å². The Bertz CT molecular complexity index is 3220. The van der Waals surface area contributed by atoms with E-state index in [-0.39, 0.29) is 23.0 Å². The van der Waals surface area contributed by atoms with Gasteiger partial charge in [-0.3, -0.25) is 0 Å². The van der Waals surface area contributed by atoms with Crippen LogP contribution in [0.3, 0.4) is 0 Å². The molecule has 0 spiro atoms. The maximum absolute atomic E-state index is 2.60. The van der Waals surface area contributed by atoms with E-state index in [9.17, 15) is 0 Å². The quantitative estimate of drug-likeness (QED) is 0.154. The molecule has 0 saturated heterocycles. The first-order valence-corrected chi connectivity index (χ1v) is 24.3. The minimum absolute atomic E-state index is 0.000998. The van der Waals surface area contributed by atoms with Crippen molar-refractivity contribution >= 4 is 74.3 Å². The van der Waals surface area contributed by atoms with Gasteiger partial charge in [-0.1, -0.05) is 160 Å². The monoisotopic (exact) mass is 872 g/mol. The van der Waals surface area contributed by atoms with E-state index in [2.05, 4.69) is 261 Å². The second-order valence-corrected chi connectivity index (χ2v) is 22.2. The normalized spacial score (nSPS) is 14.4. The molecule has 0 atom stereocenters. The standard InChI is InChI=1S/C63H62BN3/c1-40(2)42-21-26-46(27-22-42)65(45-17-13-12-14-18-45)49-31-33-54-57(39-49)67(48-30-32-51-50-19-15-16-20-52(50)63(10,11)53(51)38-48)59-36-41(3)35-58-60(59)64(54)55-37-44(62(7,8)9)25-34-56(55)66(58)47-28-23-43(24-29-47)61(4,5)6/h12-40H,1-11H3. The average molecular weight is 872 g/mol. The van der Waals surface area contributed by atoms with Crippen molar-refractivity contribution in [2.45, 2.75) is 98.3 Å². The Hall–Kier alpha value is -6.78. The highest BCUT2D eigenvalue weighted by Gasteiger charge is 2.45. The predicted octanol–water partition coefficient (Wildman–Crippen LogP) is 15.6. The van der Waals surface area contributed by atoms with Crippen molar-refractivity contribution in [3.63, 3.8) is 0 Å². The molecule has 67 heavy (non-hydrogen) atoms. The Morgan fingerprint density at radius 3 is 1.73 bits per heavy atom. The van der Waals surface area contributed by atoms with Crippen LogP contribution in [0.15, 0.2) is 170 Å². The molecule has 0 radical (unpaired) electrons. The number of rotatable bonds is 6. The molecule has 0 unspecified atom stereocenters. The first-order chi connectivity index (χ1) is 32.0. The lowest BCUT2D eigenvalue weighted by Crippen LogP contribution is -2.61. The summed E-state index contributed by atoms with van der Waals surface area (Å²) in [5, 5.41) is 0. The third-order valence-corrected chi connectivity index (χ3v) is 15.0. The fourth-order valence-corrected chi connectivity index (χ4v) is 11.3. The van der Waals surface area contributed by atoms with E-state index in [0.29, 0.717) is 5.92 Å². The number of nitrogens with zero attached hydrogens (tertiary/aromatic N) is 3. The molecule has 1 aliphatic carbocycles. The third kappa shape index (κ3) is 6.94.